The van der Waals surface area contributed by atoms with Gasteiger partial charge in [-0.3, -0.25) is 9.59 Å². The monoisotopic (exact) mass is 369 g/mol. The van der Waals surface area contributed by atoms with Crippen molar-refractivity contribution in [1.29, 1.82) is 0 Å². The molecule has 1 amide bonds. The number of amides is 1. The second kappa shape index (κ2) is 10.5. The first-order chi connectivity index (χ1) is 13.0. The highest BCUT2D eigenvalue weighted by atomic mass is 16.5. The van der Waals surface area contributed by atoms with Crippen molar-refractivity contribution < 1.29 is 19.1 Å². The lowest BCUT2D eigenvalue weighted by Crippen LogP contribution is -2.13. The predicted molar refractivity (Wildman–Crippen MR) is 107 cm³/mol. The number of carbonyl (C=O) groups excluding carboxylic acids is 2. The van der Waals surface area contributed by atoms with E-state index in [2.05, 4.69) is 12.2 Å². The molecule has 0 atom stereocenters. The molecule has 0 saturated carbocycles. The topological polar surface area (TPSA) is 64.6 Å². The smallest absolute Gasteiger partial charge is 0.255 e. The number of unbranched alkanes of at least 4 members (excludes halogenated alkanes) is 1. The highest BCUT2D eigenvalue weighted by Gasteiger charge is 2.12. The minimum Gasteiger partial charge on any atom is -0.494 e. The molecule has 0 aliphatic heterocycles. The second-order valence-corrected chi connectivity index (χ2v) is 6.25. The zero-order chi connectivity index (χ0) is 19.6. The third-order valence-electron chi connectivity index (χ3n) is 4.05. The quantitative estimate of drug-likeness (QED) is 0.480. The van der Waals surface area contributed by atoms with E-state index in [0.29, 0.717) is 36.6 Å². The summed E-state index contributed by atoms with van der Waals surface area (Å²) in [6.45, 7) is 7.15. The minimum absolute atomic E-state index is 0.0429. The van der Waals surface area contributed by atoms with Gasteiger partial charge in [0.2, 0.25) is 0 Å². The molecule has 0 aromatic heterocycles. The van der Waals surface area contributed by atoms with Gasteiger partial charge in [0.25, 0.3) is 5.91 Å². The van der Waals surface area contributed by atoms with Gasteiger partial charge in [-0.05, 0) is 50.6 Å². The van der Waals surface area contributed by atoms with E-state index in [1.54, 1.807) is 42.5 Å². The molecule has 144 valence electrons. The molecule has 0 aliphatic rings. The first-order valence-corrected chi connectivity index (χ1v) is 9.31. The van der Waals surface area contributed by atoms with Gasteiger partial charge in [0.15, 0.2) is 5.78 Å². The molecule has 5 nitrogen and oxygen atoms in total. The molecule has 27 heavy (non-hydrogen) atoms. The average Bonchev–Trinajstić information content (AvgIpc) is 2.66. The first-order valence-electron chi connectivity index (χ1n) is 9.31. The molecule has 0 fully saturated rings. The van der Waals surface area contributed by atoms with Crippen molar-refractivity contribution in [3.8, 4) is 5.75 Å². The van der Waals surface area contributed by atoms with Crippen molar-refractivity contribution in [2.75, 3.05) is 18.5 Å². The van der Waals surface area contributed by atoms with Crippen LogP contribution in [0, 0.1) is 0 Å². The molecule has 5 heteroatoms. The third kappa shape index (κ3) is 6.22. The number of benzene rings is 2. The number of hydrogen-bond donors (Lipinski definition) is 1. The van der Waals surface area contributed by atoms with Gasteiger partial charge in [0, 0.05) is 29.0 Å². The number of ketones is 1. The van der Waals surface area contributed by atoms with Crippen molar-refractivity contribution in [3.63, 3.8) is 0 Å². The Bertz CT molecular complexity index is 786. The Kier molecular flexibility index (Phi) is 8.01. The SMILES string of the molecule is CCCCOCc1cc(C(=O)Nc2cccc(C(C)=O)c2)ccc1OCC. The Balaban J connectivity index is 2.15. The van der Waals surface area contributed by atoms with Gasteiger partial charge in [-0.15, -0.1) is 0 Å². The molecule has 0 spiro atoms. The fourth-order valence-electron chi connectivity index (χ4n) is 2.58. The van der Waals surface area contributed by atoms with Gasteiger partial charge >= 0.3 is 0 Å². The van der Waals surface area contributed by atoms with Crippen molar-refractivity contribution >= 4 is 17.4 Å². The zero-order valence-electron chi connectivity index (χ0n) is 16.2. The summed E-state index contributed by atoms with van der Waals surface area (Å²) in [5.41, 5.74) is 2.51. The summed E-state index contributed by atoms with van der Waals surface area (Å²) in [4.78, 5) is 24.1. The van der Waals surface area contributed by atoms with Crippen molar-refractivity contribution in [1.82, 2.24) is 0 Å². The Morgan fingerprint density at radius 1 is 1.04 bits per heavy atom. The largest absolute Gasteiger partial charge is 0.494 e. The van der Waals surface area contributed by atoms with Gasteiger partial charge in [0.05, 0.1) is 13.2 Å². The molecule has 0 radical (unpaired) electrons. The van der Waals surface area contributed by atoms with Crippen LogP contribution in [0.3, 0.4) is 0 Å². The second-order valence-electron chi connectivity index (χ2n) is 6.25. The minimum atomic E-state index is -0.242. The highest BCUT2D eigenvalue weighted by molar-refractivity contribution is 6.05. The van der Waals surface area contributed by atoms with Crippen LogP contribution in [0.1, 0.15) is 59.9 Å². The fraction of sp³-hybridized carbons (Fsp3) is 0.364. The number of anilines is 1. The fourth-order valence-corrected chi connectivity index (χ4v) is 2.58. The molecular weight excluding hydrogens is 342 g/mol. The van der Waals surface area contributed by atoms with Gasteiger partial charge in [0.1, 0.15) is 5.75 Å². The van der Waals surface area contributed by atoms with Crippen LogP contribution >= 0.6 is 0 Å². The summed E-state index contributed by atoms with van der Waals surface area (Å²) in [6, 6.07) is 12.2. The van der Waals surface area contributed by atoms with Crippen LogP contribution in [-0.2, 0) is 11.3 Å². The van der Waals surface area contributed by atoms with Crippen molar-refractivity contribution in [2.45, 2.75) is 40.2 Å². The van der Waals surface area contributed by atoms with E-state index in [9.17, 15) is 9.59 Å². The van der Waals surface area contributed by atoms with Crippen LogP contribution in [-0.4, -0.2) is 24.9 Å². The van der Waals surface area contributed by atoms with Crippen LogP contribution < -0.4 is 10.1 Å². The van der Waals surface area contributed by atoms with Crippen molar-refractivity contribution in [2.24, 2.45) is 0 Å². The molecule has 0 bridgehead atoms. The number of hydrogen-bond acceptors (Lipinski definition) is 4. The van der Waals surface area contributed by atoms with Gasteiger partial charge in [-0.1, -0.05) is 25.5 Å². The molecular formula is C22H27NO4. The number of carbonyl (C=O) groups is 2. The Hall–Kier alpha value is -2.66. The number of Topliss-reactive ketones (excluding diaryl/α,β-unsaturated/α-hetero) is 1. The predicted octanol–water partition coefficient (Wildman–Crippen LogP) is 4.86. The van der Waals surface area contributed by atoms with E-state index in [0.717, 1.165) is 24.2 Å². The lowest BCUT2D eigenvalue weighted by Gasteiger charge is -2.13. The Labute approximate surface area is 160 Å². The van der Waals surface area contributed by atoms with Gasteiger partial charge in [-0.25, -0.2) is 0 Å². The van der Waals surface area contributed by atoms with Gasteiger partial charge < -0.3 is 14.8 Å². The third-order valence-corrected chi connectivity index (χ3v) is 4.05. The summed E-state index contributed by atoms with van der Waals surface area (Å²) in [5.74, 6) is 0.441. The molecule has 2 rings (SSSR count). The summed E-state index contributed by atoms with van der Waals surface area (Å²) in [6.07, 6.45) is 2.07. The van der Waals surface area contributed by atoms with Crippen LogP contribution in [0.5, 0.6) is 5.75 Å². The van der Waals surface area contributed by atoms with Crippen LogP contribution in [0.4, 0.5) is 5.69 Å². The molecule has 0 heterocycles. The summed E-state index contributed by atoms with van der Waals surface area (Å²) in [5, 5.41) is 2.84. The number of rotatable bonds is 10. The summed E-state index contributed by atoms with van der Waals surface area (Å²) < 4.78 is 11.3. The van der Waals surface area contributed by atoms with E-state index in [4.69, 9.17) is 9.47 Å². The molecule has 1 N–H and O–H groups in total. The maximum absolute atomic E-state index is 12.6. The molecule has 2 aromatic carbocycles. The normalized spacial score (nSPS) is 10.5. The standard InChI is InChI=1S/C22H27NO4/c1-4-6-12-26-15-19-13-18(10-11-21(19)27-5-2)22(25)23-20-9-7-8-17(14-20)16(3)24/h7-11,13-14H,4-6,12,15H2,1-3H3,(H,23,25). The maximum atomic E-state index is 12.6. The van der Waals surface area contributed by atoms with E-state index >= 15 is 0 Å². The highest BCUT2D eigenvalue weighted by Crippen LogP contribution is 2.22. The Morgan fingerprint density at radius 2 is 1.85 bits per heavy atom. The first kappa shape index (κ1) is 20.6. The van der Waals surface area contributed by atoms with Crippen molar-refractivity contribution in [3.05, 3.63) is 59.2 Å². The van der Waals surface area contributed by atoms with Crippen LogP contribution in [0.25, 0.3) is 0 Å². The van der Waals surface area contributed by atoms with Crippen LogP contribution in [0.15, 0.2) is 42.5 Å². The molecule has 0 saturated heterocycles. The average molecular weight is 369 g/mol. The summed E-state index contributed by atoms with van der Waals surface area (Å²) >= 11 is 0. The van der Waals surface area contributed by atoms with E-state index < -0.39 is 0 Å². The maximum Gasteiger partial charge on any atom is 0.255 e. The van der Waals surface area contributed by atoms with E-state index in [-0.39, 0.29) is 11.7 Å². The Morgan fingerprint density at radius 3 is 2.56 bits per heavy atom. The number of ether oxygens (including phenoxy) is 2. The summed E-state index contributed by atoms with van der Waals surface area (Å²) in [7, 11) is 0. The number of nitrogens with one attached hydrogen (secondary N) is 1. The molecule has 0 unspecified atom stereocenters. The molecule has 0 aliphatic carbocycles. The van der Waals surface area contributed by atoms with Crippen LogP contribution in [0.2, 0.25) is 0 Å². The molecule has 2 aromatic rings. The zero-order valence-corrected chi connectivity index (χ0v) is 16.2. The lowest BCUT2D eigenvalue weighted by atomic mass is 10.1. The van der Waals surface area contributed by atoms with Gasteiger partial charge in [-0.2, -0.15) is 0 Å². The van der Waals surface area contributed by atoms with E-state index in [1.165, 1.54) is 6.92 Å². The lowest BCUT2D eigenvalue weighted by molar-refractivity contribution is 0.101. The van der Waals surface area contributed by atoms with E-state index in [1.807, 2.05) is 6.92 Å².